The lowest BCUT2D eigenvalue weighted by Crippen LogP contribution is -2.38. The molecular weight excluding hydrogens is 260 g/mol. The van der Waals surface area contributed by atoms with Crippen LogP contribution in [0.4, 0.5) is 0 Å². The average molecular weight is 276 g/mol. The Labute approximate surface area is 115 Å². The van der Waals surface area contributed by atoms with Crippen LogP contribution in [0.25, 0.3) is 5.65 Å². The molecule has 1 amide bonds. The molecule has 0 saturated carbocycles. The minimum absolute atomic E-state index is 0.310. The summed E-state index contributed by atoms with van der Waals surface area (Å²) in [5, 5.41) is 15.5. The number of aryl methyl sites for hydroxylation is 3. The lowest BCUT2D eigenvalue weighted by atomic mass is 10.2. The van der Waals surface area contributed by atoms with Crippen LogP contribution in [0.15, 0.2) is 6.07 Å². The topological polar surface area (TPSA) is 96.6 Å². The van der Waals surface area contributed by atoms with Crippen molar-refractivity contribution in [1.29, 1.82) is 0 Å². The normalized spacial score (nSPS) is 12.4. The summed E-state index contributed by atoms with van der Waals surface area (Å²) >= 11 is 0. The highest BCUT2D eigenvalue weighted by molar-refractivity contribution is 6.02. The number of hydrogen-bond acceptors (Lipinski definition) is 4. The molecule has 2 rings (SSSR count). The molecule has 0 saturated heterocycles. The molecule has 0 radical (unpaired) electrons. The number of nitrogens with zero attached hydrogens (tertiary/aromatic N) is 3. The minimum Gasteiger partial charge on any atom is -0.480 e. The molecular formula is C13H16N4O3. The number of carbonyl (C=O) groups excluding carboxylic acids is 1. The zero-order chi connectivity index (χ0) is 15.0. The predicted molar refractivity (Wildman–Crippen MR) is 71.8 cm³/mol. The molecule has 0 aliphatic rings. The van der Waals surface area contributed by atoms with E-state index in [0.29, 0.717) is 16.9 Å². The molecule has 0 unspecified atom stereocenters. The van der Waals surface area contributed by atoms with Crippen LogP contribution < -0.4 is 5.32 Å². The first-order valence-electron chi connectivity index (χ1n) is 6.18. The van der Waals surface area contributed by atoms with Crippen LogP contribution in [0.3, 0.4) is 0 Å². The highest BCUT2D eigenvalue weighted by atomic mass is 16.4. The van der Waals surface area contributed by atoms with Crippen LogP contribution >= 0.6 is 0 Å². The van der Waals surface area contributed by atoms with E-state index in [9.17, 15) is 9.59 Å². The van der Waals surface area contributed by atoms with Crippen molar-refractivity contribution < 1.29 is 14.7 Å². The number of fused-ring (bicyclic) bond motifs is 1. The molecule has 7 heteroatoms. The molecule has 20 heavy (non-hydrogen) atoms. The maximum absolute atomic E-state index is 12.2. The van der Waals surface area contributed by atoms with Gasteiger partial charge in [0.1, 0.15) is 11.6 Å². The quantitative estimate of drug-likeness (QED) is 0.866. The number of rotatable bonds is 3. The van der Waals surface area contributed by atoms with Crippen LogP contribution in [0.2, 0.25) is 0 Å². The average Bonchev–Trinajstić information content (AvgIpc) is 2.65. The van der Waals surface area contributed by atoms with Gasteiger partial charge in [-0.3, -0.25) is 9.59 Å². The number of aliphatic carboxylic acids is 1. The Balaban J connectivity index is 2.51. The SMILES string of the molecule is Cc1cc(C)n2nc(C)c(C(=O)N[C@H](C)C(=O)O)c2n1. The number of carboxylic acid groups (broad SMARTS) is 1. The highest BCUT2D eigenvalue weighted by Crippen LogP contribution is 2.16. The van der Waals surface area contributed by atoms with Crippen molar-refractivity contribution in [3.63, 3.8) is 0 Å². The van der Waals surface area contributed by atoms with Gasteiger partial charge in [-0.15, -0.1) is 0 Å². The number of nitrogens with one attached hydrogen (secondary N) is 1. The standard InChI is InChI=1S/C13H16N4O3/c1-6-5-7(2)17-11(14-6)10(8(3)16-17)12(18)15-9(4)13(19)20/h5,9H,1-4H3,(H,15,18)(H,19,20)/t9-/m1/s1. The van der Waals surface area contributed by atoms with Crippen LogP contribution in [0.5, 0.6) is 0 Å². The van der Waals surface area contributed by atoms with Crippen molar-refractivity contribution in [2.45, 2.75) is 33.7 Å². The molecule has 0 aliphatic heterocycles. The van der Waals surface area contributed by atoms with Gasteiger partial charge in [0.25, 0.3) is 5.91 Å². The first kappa shape index (κ1) is 14.0. The van der Waals surface area contributed by atoms with E-state index < -0.39 is 17.9 Å². The van der Waals surface area contributed by atoms with Gasteiger partial charge in [-0.05, 0) is 33.8 Å². The van der Waals surface area contributed by atoms with E-state index in [4.69, 9.17) is 5.11 Å². The molecule has 2 heterocycles. The van der Waals surface area contributed by atoms with Gasteiger partial charge in [-0.2, -0.15) is 5.10 Å². The first-order chi connectivity index (χ1) is 9.31. The van der Waals surface area contributed by atoms with Gasteiger partial charge >= 0.3 is 5.97 Å². The van der Waals surface area contributed by atoms with E-state index in [0.717, 1.165) is 11.4 Å². The van der Waals surface area contributed by atoms with E-state index in [1.54, 1.807) is 11.4 Å². The number of amides is 1. The Morgan fingerprint density at radius 2 is 2.00 bits per heavy atom. The number of hydrogen-bond donors (Lipinski definition) is 2. The van der Waals surface area contributed by atoms with E-state index in [1.165, 1.54) is 6.92 Å². The molecule has 0 aromatic carbocycles. The summed E-state index contributed by atoms with van der Waals surface area (Å²) in [4.78, 5) is 27.3. The summed E-state index contributed by atoms with van der Waals surface area (Å²) in [6.45, 7) is 6.81. The van der Waals surface area contributed by atoms with Crippen LogP contribution in [0, 0.1) is 20.8 Å². The van der Waals surface area contributed by atoms with Crippen molar-refractivity contribution in [3.05, 3.63) is 28.7 Å². The second-order valence-corrected chi connectivity index (χ2v) is 4.77. The zero-order valence-electron chi connectivity index (χ0n) is 11.8. The maximum atomic E-state index is 12.2. The van der Waals surface area contributed by atoms with E-state index >= 15 is 0 Å². The Bertz CT molecular complexity index is 705. The van der Waals surface area contributed by atoms with Gasteiger partial charge in [0, 0.05) is 11.4 Å². The van der Waals surface area contributed by atoms with Crippen molar-refractivity contribution in [2.24, 2.45) is 0 Å². The summed E-state index contributed by atoms with van der Waals surface area (Å²) < 4.78 is 1.59. The van der Waals surface area contributed by atoms with Crippen molar-refractivity contribution in [2.75, 3.05) is 0 Å². The third kappa shape index (κ3) is 2.34. The van der Waals surface area contributed by atoms with Gasteiger partial charge in [-0.25, -0.2) is 9.50 Å². The lowest BCUT2D eigenvalue weighted by Gasteiger charge is -2.08. The molecule has 106 valence electrons. The fourth-order valence-corrected chi connectivity index (χ4v) is 2.02. The summed E-state index contributed by atoms with van der Waals surface area (Å²) in [6.07, 6.45) is 0. The Kier molecular flexibility index (Phi) is 3.44. The largest absolute Gasteiger partial charge is 0.480 e. The van der Waals surface area contributed by atoms with Gasteiger partial charge in [0.05, 0.1) is 5.69 Å². The zero-order valence-corrected chi connectivity index (χ0v) is 11.8. The molecule has 7 nitrogen and oxygen atoms in total. The van der Waals surface area contributed by atoms with Gasteiger partial charge in [0.2, 0.25) is 0 Å². The summed E-state index contributed by atoms with van der Waals surface area (Å²) in [7, 11) is 0. The molecule has 0 aliphatic carbocycles. The second kappa shape index (κ2) is 4.92. The molecule has 0 fully saturated rings. The summed E-state index contributed by atoms with van der Waals surface area (Å²) in [6, 6.07) is 0.892. The fourth-order valence-electron chi connectivity index (χ4n) is 2.02. The minimum atomic E-state index is -1.09. The predicted octanol–water partition coefficient (Wildman–Crippen LogP) is 0.857. The molecule has 2 aromatic rings. The molecule has 0 bridgehead atoms. The Hall–Kier alpha value is -2.44. The fraction of sp³-hybridized carbons (Fsp3) is 0.385. The van der Waals surface area contributed by atoms with Crippen molar-refractivity contribution in [1.82, 2.24) is 19.9 Å². The molecule has 2 aromatic heterocycles. The smallest absolute Gasteiger partial charge is 0.325 e. The summed E-state index contributed by atoms with van der Waals surface area (Å²) in [5.41, 5.74) is 2.90. The van der Waals surface area contributed by atoms with Crippen molar-refractivity contribution >= 4 is 17.5 Å². The van der Waals surface area contributed by atoms with Crippen molar-refractivity contribution in [3.8, 4) is 0 Å². The summed E-state index contributed by atoms with van der Waals surface area (Å²) in [5.74, 6) is -1.57. The molecule has 2 N–H and O–H groups in total. The number of carbonyl (C=O) groups is 2. The Morgan fingerprint density at radius 1 is 1.35 bits per heavy atom. The number of aromatic nitrogens is 3. The van der Waals surface area contributed by atoms with Crippen LogP contribution in [0.1, 0.15) is 34.4 Å². The van der Waals surface area contributed by atoms with E-state index in [1.807, 2.05) is 19.9 Å². The van der Waals surface area contributed by atoms with E-state index in [2.05, 4.69) is 15.4 Å². The monoisotopic (exact) mass is 276 g/mol. The van der Waals surface area contributed by atoms with Crippen LogP contribution in [-0.2, 0) is 4.79 Å². The number of carboxylic acids is 1. The second-order valence-electron chi connectivity index (χ2n) is 4.77. The van der Waals surface area contributed by atoms with Crippen LogP contribution in [-0.4, -0.2) is 37.6 Å². The maximum Gasteiger partial charge on any atom is 0.325 e. The van der Waals surface area contributed by atoms with Gasteiger partial charge in [0.15, 0.2) is 5.65 Å². The molecule has 1 atom stereocenters. The third-order valence-electron chi connectivity index (χ3n) is 3.02. The van der Waals surface area contributed by atoms with Gasteiger partial charge < -0.3 is 10.4 Å². The highest BCUT2D eigenvalue weighted by Gasteiger charge is 2.22. The first-order valence-corrected chi connectivity index (χ1v) is 6.18. The van der Waals surface area contributed by atoms with E-state index in [-0.39, 0.29) is 0 Å². The lowest BCUT2D eigenvalue weighted by molar-refractivity contribution is -0.138. The Morgan fingerprint density at radius 3 is 2.60 bits per heavy atom. The third-order valence-corrected chi connectivity index (χ3v) is 3.02. The van der Waals surface area contributed by atoms with Gasteiger partial charge in [-0.1, -0.05) is 0 Å². The molecule has 0 spiro atoms.